The predicted octanol–water partition coefficient (Wildman–Crippen LogP) is 3.98. The van der Waals surface area contributed by atoms with Crippen molar-refractivity contribution in [2.24, 2.45) is 0 Å². The van der Waals surface area contributed by atoms with Crippen LogP contribution in [-0.4, -0.2) is 74.1 Å². The first-order chi connectivity index (χ1) is 21.3. The molecule has 44 heavy (non-hydrogen) atoms. The summed E-state index contributed by atoms with van der Waals surface area (Å²) >= 11 is 0. The molecular formula is C33H32FN7O3. The minimum atomic E-state index is -1.17. The summed E-state index contributed by atoms with van der Waals surface area (Å²) in [6.07, 6.45) is 3.56. The Morgan fingerprint density at radius 1 is 0.909 bits per heavy atom. The van der Waals surface area contributed by atoms with Crippen LogP contribution in [-0.2, 0) is 6.54 Å². The summed E-state index contributed by atoms with van der Waals surface area (Å²) in [6, 6.07) is 21.8. The number of carbonyl (C=O) groups excluding carboxylic acids is 1. The van der Waals surface area contributed by atoms with Gasteiger partial charge in [0.1, 0.15) is 17.5 Å². The quantitative estimate of drug-likeness (QED) is 0.329. The van der Waals surface area contributed by atoms with Crippen molar-refractivity contribution in [2.45, 2.75) is 25.0 Å². The first-order valence-corrected chi connectivity index (χ1v) is 14.7. The number of rotatable bonds is 5. The Labute approximate surface area is 253 Å². The van der Waals surface area contributed by atoms with Crippen LogP contribution >= 0.6 is 0 Å². The van der Waals surface area contributed by atoms with Crippen molar-refractivity contribution in [3.63, 3.8) is 0 Å². The molecular weight excluding hydrogens is 561 g/mol. The molecule has 0 unspecified atom stereocenters. The molecule has 7 rings (SSSR count). The topological polar surface area (TPSA) is 99.7 Å². The summed E-state index contributed by atoms with van der Waals surface area (Å²) in [4.78, 5) is 37.0. The lowest BCUT2D eigenvalue weighted by atomic mass is 9.91. The number of benzene rings is 3. The van der Waals surface area contributed by atoms with Gasteiger partial charge in [0, 0.05) is 44.5 Å². The number of hydrogen-bond donors (Lipinski definition) is 1. The summed E-state index contributed by atoms with van der Waals surface area (Å²) in [7, 11) is 2.10. The SMILES string of the molecule is CN1CCN(c2ccc(-n3ncc4c(=O)n(CC5(O)CCN(C(=O)c6ccc(F)cc6)CC5)cnc43)cc2)c2ccccc21. The highest BCUT2D eigenvalue weighted by atomic mass is 19.1. The fourth-order valence-corrected chi connectivity index (χ4v) is 6.17. The molecule has 0 spiro atoms. The summed E-state index contributed by atoms with van der Waals surface area (Å²) in [5.41, 5.74) is 3.58. The number of aliphatic hydroxyl groups is 1. The lowest BCUT2D eigenvalue weighted by Gasteiger charge is -2.38. The predicted molar refractivity (Wildman–Crippen MR) is 166 cm³/mol. The zero-order valence-electron chi connectivity index (χ0n) is 24.3. The van der Waals surface area contributed by atoms with Crippen LogP contribution < -0.4 is 15.4 Å². The van der Waals surface area contributed by atoms with E-state index in [4.69, 9.17) is 0 Å². The van der Waals surface area contributed by atoms with Crippen molar-refractivity contribution >= 4 is 34.0 Å². The summed E-state index contributed by atoms with van der Waals surface area (Å²) in [6.45, 7) is 2.49. The van der Waals surface area contributed by atoms with E-state index in [9.17, 15) is 19.1 Å². The number of aromatic nitrogens is 4. The minimum Gasteiger partial charge on any atom is -0.388 e. The van der Waals surface area contributed by atoms with Gasteiger partial charge in [-0.05, 0) is 73.5 Å². The molecule has 0 aliphatic carbocycles. The number of hydrogen-bond acceptors (Lipinski definition) is 7. The standard InChI is InChI=1S/C33H32FN7O3/c1-37-18-19-40(29-5-3-2-4-28(29)37)25-10-12-26(13-11-25)41-30-27(20-36-41)32(43)39(22-35-30)21-33(44)14-16-38(17-15-33)31(42)23-6-8-24(34)9-7-23/h2-13,20,22,44H,14-19,21H2,1H3. The smallest absolute Gasteiger partial charge is 0.264 e. The number of halogens is 1. The molecule has 3 aromatic carbocycles. The largest absolute Gasteiger partial charge is 0.388 e. The third-order valence-electron chi connectivity index (χ3n) is 8.74. The number of fused-ring (bicyclic) bond motifs is 2. The molecule has 1 amide bonds. The minimum absolute atomic E-state index is 0.0553. The molecule has 1 N–H and O–H groups in total. The van der Waals surface area contributed by atoms with Crippen molar-refractivity contribution in [2.75, 3.05) is 43.0 Å². The van der Waals surface area contributed by atoms with Crippen molar-refractivity contribution in [1.82, 2.24) is 24.2 Å². The molecule has 0 radical (unpaired) electrons. The van der Waals surface area contributed by atoms with Crippen LogP contribution in [0.25, 0.3) is 16.7 Å². The fourth-order valence-electron chi connectivity index (χ4n) is 6.17. The van der Waals surface area contributed by atoms with Crippen LogP contribution in [0.3, 0.4) is 0 Å². The average molecular weight is 594 g/mol. The van der Waals surface area contributed by atoms with Crippen LogP contribution in [0.5, 0.6) is 0 Å². The summed E-state index contributed by atoms with van der Waals surface area (Å²) < 4.78 is 16.3. The number of likely N-dealkylation sites (tertiary alicyclic amines) is 1. The third kappa shape index (κ3) is 4.98. The third-order valence-corrected chi connectivity index (χ3v) is 8.74. The molecule has 2 aromatic heterocycles. The van der Waals surface area contributed by atoms with Crippen LogP contribution in [0.4, 0.5) is 21.5 Å². The van der Waals surface area contributed by atoms with Gasteiger partial charge in [-0.15, -0.1) is 0 Å². The second kappa shape index (κ2) is 10.9. The van der Waals surface area contributed by atoms with Gasteiger partial charge in [0.25, 0.3) is 11.5 Å². The molecule has 4 heterocycles. The van der Waals surface area contributed by atoms with Gasteiger partial charge in [-0.3, -0.25) is 14.2 Å². The van der Waals surface area contributed by atoms with E-state index in [1.54, 1.807) is 9.58 Å². The Balaban J connectivity index is 1.07. The molecule has 224 valence electrons. The zero-order chi connectivity index (χ0) is 30.4. The van der Waals surface area contributed by atoms with Crippen LogP contribution in [0.1, 0.15) is 23.2 Å². The number of para-hydroxylation sites is 2. The number of anilines is 3. The second-order valence-corrected chi connectivity index (χ2v) is 11.6. The molecule has 1 saturated heterocycles. The van der Waals surface area contributed by atoms with Crippen LogP contribution in [0.2, 0.25) is 0 Å². The van der Waals surface area contributed by atoms with Gasteiger partial charge in [-0.25, -0.2) is 14.1 Å². The lowest BCUT2D eigenvalue weighted by molar-refractivity contribution is -0.0299. The van der Waals surface area contributed by atoms with E-state index in [1.165, 1.54) is 47.0 Å². The Hall–Kier alpha value is -5.03. The number of piperidine rings is 1. The van der Waals surface area contributed by atoms with Gasteiger partial charge in [0.15, 0.2) is 5.65 Å². The van der Waals surface area contributed by atoms with E-state index in [1.807, 2.05) is 18.2 Å². The first-order valence-electron chi connectivity index (χ1n) is 14.7. The lowest BCUT2D eigenvalue weighted by Crippen LogP contribution is -2.49. The average Bonchev–Trinajstić information content (AvgIpc) is 3.48. The maximum absolute atomic E-state index is 13.4. The number of likely N-dealkylation sites (N-methyl/N-ethyl adjacent to an activating group) is 1. The number of amides is 1. The molecule has 2 aliphatic heterocycles. The molecule has 0 saturated carbocycles. The van der Waals surface area contributed by atoms with Gasteiger partial charge in [-0.2, -0.15) is 5.10 Å². The molecule has 0 bridgehead atoms. The summed E-state index contributed by atoms with van der Waals surface area (Å²) in [5.74, 6) is -0.608. The number of nitrogens with zero attached hydrogens (tertiary/aromatic N) is 7. The fraction of sp³-hybridized carbons (Fsp3) is 0.273. The highest BCUT2D eigenvalue weighted by Gasteiger charge is 2.35. The van der Waals surface area contributed by atoms with Crippen molar-refractivity contribution in [3.8, 4) is 5.69 Å². The van der Waals surface area contributed by atoms with Crippen molar-refractivity contribution in [3.05, 3.63) is 107 Å². The second-order valence-electron chi connectivity index (χ2n) is 11.6. The van der Waals surface area contributed by atoms with Gasteiger partial charge in [0.2, 0.25) is 0 Å². The van der Waals surface area contributed by atoms with Crippen molar-refractivity contribution in [1.29, 1.82) is 0 Å². The summed E-state index contributed by atoms with van der Waals surface area (Å²) in [5, 5.41) is 16.1. The maximum Gasteiger partial charge on any atom is 0.264 e. The van der Waals surface area contributed by atoms with Gasteiger partial charge >= 0.3 is 0 Å². The molecule has 11 heteroatoms. The first kappa shape index (κ1) is 27.8. The van der Waals surface area contributed by atoms with Gasteiger partial charge < -0.3 is 19.8 Å². The van der Waals surface area contributed by atoms with Gasteiger partial charge in [-0.1, -0.05) is 12.1 Å². The Morgan fingerprint density at radius 2 is 1.59 bits per heavy atom. The monoisotopic (exact) mass is 593 g/mol. The van der Waals surface area contributed by atoms with Crippen molar-refractivity contribution < 1.29 is 14.3 Å². The van der Waals surface area contributed by atoms with Crippen LogP contribution in [0.15, 0.2) is 90.1 Å². The van der Waals surface area contributed by atoms with Crippen LogP contribution in [0, 0.1) is 5.82 Å². The number of carbonyl (C=O) groups is 1. The molecule has 2 aliphatic rings. The Kier molecular flexibility index (Phi) is 6.89. The van der Waals surface area contributed by atoms with Gasteiger partial charge in [0.05, 0.1) is 35.4 Å². The van der Waals surface area contributed by atoms with E-state index in [0.717, 1.165) is 30.2 Å². The zero-order valence-corrected chi connectivity index (χ0v) is 24.3. The van der Waals surface area contributed by atoms with E-state index in [0.29, 0.717) is 42.5 Å². The maximum atomic E-state index is 13.4. The van der Waals surface area contributed by atoms with E-state index in [2.05, 4.69) is 57.3 Å². The molecule has 1 fully saturated rings. The Bertz CT molecular complexity index is 1890. The Morgan fingerprint density at radius 3 is 2.32 bits per heavy atom. The van der Waals surface area contributed by atoms with E-state index >= 15 is 0 Å². The molecule has 0 atom stereocenters. The molecule has 5 aromatic rings. The highest BCUT2D eigenvalue weighted by molar-refractivity contribution is 5.94. The normalized spacial score (nSPS) is 16.3. The molecule has 10 nitrogen and oxygen atoms in total. The van der Waals surface area contributed by atoms with E-state index in [-0.39, 0.29) is 18.0 Å². The van der Waals surface area contributed by atoms with E-state index < -0.39 is 11.4 Å². The highest BCUT2D eigenvalue weighted by Crippen LogP contribution is 2.37.